The monoisotopic (exact) mass is 679 g/mol. The molecule has 0 atom stereocenters. The fraction of sp³-hybridized carbons (Fsp3) is 0. The van der Waals surface area contributed by atoms with Crippen LogP contribution >= 0.6 is 11.3 Å². The van der Waals surface area contributed by atoms with Gasteiger partial charge in [0.2, 0.25) is 0 Å². The van der Waals surface area contributed by atoms with E-state index in [2.05, 4.69) is 205 Å². The van der Waals surface area contributed by atoms with Gasteiger partial charge in [-0.25, -0.2) is 0 Å². The molecule has 0 aliphatic heterocycles. The van der Waals surface area contributed by atoms with E-state index in [4.69, 9.17) is 0 Å². The molecule has 244 valence electrons. The first-order chi connectivity index (χ1) is 25.8. The molecule has 0 aliphatic carbocycles. The van der Waals surface area contributed by atoms with Gasteiger partial charge >= 0.3 is 0 Å². The Hall–Kier alpha value is -6.48. The zero-order valence-corrected chi connectivity index (χ0v) is 29.2. The maximum atomic E-state index is 2.37. The predicted octanol–water partition coefficient (Wildman–Crippen LogP) is 14.8. The van der Waals surface area contributed by atoms with Crippen molar-refractivity contribution in [3.63, 3.8) is 0 Å². The molecule has 0 aliphatic rings. The van der Waals surface area contributed by atoms with Crippen molar-refractivity contribution in [3.8, 4) is 33.4 Å². The summed E-state index contributed by atoms with van der Waals surface area (Å²) in [7, 11) is 0. The van der Waals surface area contributed by atoms with Crippen LogP contribution in [0, 0.1) is 0 Å². The molecule has 0 radical (unpaired) electrons. The van der Waals surface area contributed by atoms with Gasteiger partial charge in [-0.15, -0.1) is 11.3 Å². The Labute approximate surface area is 307 Å². The maximum absolute atomic E-state index is 2.37. The van der Waals surface area contributed by atoms with Gasteiger partial charge in [0.1, 0.15) is 0 Å². The SMILES string of the molecule is c1ccc(-c2cccc(N(c3ccc(-c4ccc5ccccc5c4)cc3)c3ccc(-c4cc5ccccc5c5c4sc4ccccc45)cc3)c2)cc1. The first kappa shape index (κ1) is 30.4. The fourth-order valence-electron chi connectivity index (χ4n) is 7.65. The van der Waals surface area contributed by atoms with Crippen LogP contribution in [0.4, 0.5) is 17.1 Å². The molecule has 0 unspecified atom stereocenters. The highest BCUT2D eigenvalue weighted by molar-refractivity contribution is 7.26. The quantitative estimate of drug-likeness (QED) is 0.169. The van der Waals surface area contributed by atoms with Gasteiger partial charge in [0, 0.05) is 42.8 Å². The van der Waals surface area contributed by atoms with Gasteiger partial charge in [-0.1, -0.05) is 146 Å². The molecule has 9 aromatic carbocycles. The molecule has 2 heteroatoms. The largest absolute Gasteiger partial charge is 0.310 e. The van der Waals surface area contributed by atoms with Crippen LogP contribution in [-0.4, -0.2) is 0 Å². The van der Waals surface area contributed by atoms with Crippen LogP contribution in [0.25, 0.3) is 75.1 Å². The highest BCUT2D eigenvalue weighted by atomic mass is 32.1. The molecule has 0 saturated carbocycles. The van der Waals surface area contributed by atoms with E-state index in [1.54, 1.807) is 0 Å². The van der Waals surface area contributed by atoms with Gasteiger partial charge in [0.15, 0.2) is 0 Å². The summed E-state index contributed by atoms with van der Waals surface area (Å²) in [5.41, 5.74) is 10.6. The van der Waals surface area contributed by atoms with Crippen molar-refractivity contribution in [1.82, 2.24) is 0 Å². The van der Waals surface area contributed by atoms with Gasteiger partial charge in [-0.2, -0.15) is 0 Å². The molecule has 1 aromatic heterocycles. The van der Waals surface area contributed by atoms with Gasteiger partial charge < -0.3 is 4.90 Å². The number of hydrogen-bond acceptors (Lipinski definition) is 2. The molecule has 1 nitrogen and oxygen atoms in total. The van der Waals surface area contributed by atoms with Crippen molar-refractivity contribution in [3.05, 3.63) is 200 Å². The molecule has 0 amide bonds. The highest BCUT2D eigenvalue weighted by Crippen LogP contribution is 2.45. The zero-order chi connectivity index (χ0) is 34.4. The topological polar surface area (TPSA) is 3.24 Å². The third kappa shape index (κ3) is 5.33. The van der Waals surface area contributed by atoms with Crippen molar-refractivity contribution in [2.24, 2.45) is 0 Å². The van der Waals surface area contributed by atoms with Crippen molar-refractivity contribution in [2.75, 3.05) is 4.90 Å². The Balaban J connectivity index is 1.09. The van der Waals surface area contributed by atoms with E-state index >= 15 is 0 Å². The Bertz CT molecular complexity index is 2890. The molecule has 52 heavy (non-hydrogen) atoms. The van der Waals surface area contributed by atoms with E-state index in [1.165, 1.54) is 75.1 Å². The summed E-state index contributed by atoms with van der Waals surface area (Å²) in [5.74, 6) is 0. The van der Waals surface area contributed by atoms with Gasteiger partial charge in [-0.3, -0.25) is 0 Å². The van der Waals surface area contributed by atoms with Crippen LogP contribution in [0.2, 0.25) is 0 Å². The number of benzene rings is 9. The van der Waals surface area contributed by atoms with Crippen LogP contribution in [0.5, 0.6) is 0 Å². The van der Waals surface area contributed by atoms with Crippen LogP contribution in [0.1, 0.15) is 0 Å². The summed E-state index contributed by atoms with van der Waals surface area (Å²) in [4.78, 5) is 2.37. The van der Waals surface area contributed by atoms with E-state index in [1.807, 2.05) is 11.3 Å². The molecule has 0 bridgehead atoms. The van der Waals surface area contributed by atoms with Crippen molar-refractivity contribution < 1.29 is 0 Å². The second-order valence-electron chi connectivity index (χ2n) is 13.4. The average molecular weight is 680 g/mol. The molecule has 0 saturated heterocycles. The summed E-state index contributed by atoms with van der Waals surface area (Å²) in [5, 5.41) is 7.77. The second-order valence-corrected chi connectivity index (χ2v) is 14.4. The van der Waals surface area contributed by atoms with Crippen LogP contribution in [0.3, 0.4) is 0 Å². The minimum absolute atomic E-state index is 1.11. The summed E-state index contributed by atoms with van der Waals surface area (Å²) < 4.78 is 2.66. The summed E-state index contributed by atoms with van der Waals surface area (Å²) in [6, 6.07) is 72.8. The first-order valence-corrected chi connectivity index (χ1v) is 18.6. The fourth-order valence-corrected chi connectivity index (χ4v) is 8.91. The molecule has 0 fully saturated rings. The van der Waals surface area contributed by atoms with Crippen LogP contribution < -0.4 is 4.90 Å². The third-order valence-corrected chi connectivity index (χ3v) is 11.4. The zero-order valence-electron chi connectivity index (χ0n) is 28.4. The molecule has 10 aromatic rings. The number of thiophene rings is 1. The van der Waals surface area contributed by atoms with E-state index in [0.717, 1.165) is 17.1 Å². The number of hydrogen-bond donors (Lipinski definition) is 0. The Morgan fingerprint density at radius 3 is 1.69 bits per heavy atom. The molecule has 0 N–H and O–H groups in total. The Kier molecular flexibility index (Phi) is 7.41. The minimum atomic E-state index is 1.11. The Morgan fingerprint density at radius 2 is 0.904 bits per heavy atom. The van der Waals surface area contributed by atoms with Crippen LogP contribution in [-0.2, 0) is 0 Å². The lowest BCUT2D eigenvalue weighted by Gasteiger charge is -2.26. The molecule has 0 spiro atoms. The lowest BCUT2D eigenvalue weighted by atomic mass is 9.96. The lowest BCUT2D eigenvalue weighted by Crippen LogP contribution is -2.10. The number of rotatable bonds is 6. The summed E-state index contributed by atoms with van der Waals surface area (Å²) in [6.07, 6.45) is 0. The van der Waals surface area contributed by atoms with Gasteiger partial charge in [0.05, 0.1) is 0 Å². The summed E-state index contributed by atoms with van der Waals surface area (Å²) in [6.45, 7) is 0. The molecular weight excluding hydrogens is 647 g/mol. The first-order valence-electron chi connectivity index (χ1n) is 17.8. The molecule has 1 heterocycles. The van der Waals surface area contributed by atoms with Gasteiger partial charge in [0.25, 0.3) is 0 Å². The maximum Gasteiger partial charge on any atom is 0.0467 e. The second kappa shape index (κ2) is 12.7. The van der Waals surface area contributed by atoms with Crippen molar-refractivity contribution in [1.29, 1.82) is 0 Å². The molecule has 10 rings (SSSR count). The normalized spacial score (nSPS) is 11.5. The molecular formula is C50H33NS. The lowest BCUT2D eigenvalue weighted by molar-refractivity contribution is 1.28. The average Bonchev–Trinajstić information content (AvgIpc) is 3.62. The summed E-state index contributed by atoms with van der Waals surface area (Å²) >= 11 is 1.89. The highest BCUT2D eigenvalue weighted by Gasteiger charge is 2.17. The van der Waals surface area contributed by atoms with E-state index in [9.17, 15) is 0 Å². The van der Waals surface area contributed by atoms with E-state index in [-0.39, 0.29) is 0 Å². The van der Waals surface area contributed by atoms with Crippen molar-refractivity contribution in [2.45, 2.75) is 0 Å². The van der Waals surface area contributed by atoms with E-state index < -0.39 is 0 Å². The standard InChI is InChI=1S/C50H33NS/c1-2-11-34(12-3-1)39-16-10-17-44(32-39)51(42-27-23-36(24-28-42)40-22-21-35-13-4-5-14-38(35)31-40)43-29-25-37(26-30-43)47-33-41-15-6-7-18-45(41)49-46-19-8-9-20-48(46)52-50(47)49/h1-33H. The van der Waals surface area contributed by atoms with Gasteiger partial charge in [-0.05, 0) is 104 Å². The number of fused-ring (bicyclic) bond motifs is 6. The Morgan fingerprint density at radius 1 is 0.327 bits per heavy atom. The minimum Gasteiger partial charge on any atom is -0.310 e. The predicted molar refractivity (Wildman–Crippen MR) is 225 cm³/mol. The van der Waals surface area contributed by atoms with E-state index in [0.29, 0.717) is 0 Å². The smallest absolute Gasteiger partial charge is 0.0467 e. The number of nitrogens with zero attached hydrogens (tertiary/aromatic N) is 1. The number of anilines is 3. The van der Waals surface area contributed by atoms with Crippen LogP contribution in [0.15, 0.2) is 200 Å². The third-order valence-electron chi connectivity index (χ3n) is 10.2. The van der Waals surface area contributed by atoms with Crippen molar-refractivity contribution >= 4 is 70.1 Å².